The largest absolute Gasteiger partial charge is 0.550 e. The highest BCUT2D eigenvalue weighted by atomic mass is 32.1. The average molecular weight is 322 g/mol. The van der Waals surface area contributed by atoms with Crippen LogP contribution in [0.4, 0.5) is 5.69 Å². The fourth-order valence-electron chi connectivity index (χ4n) is 2.78. The number of hydrogen-bond acceptors (Lipinski definition) is 7. The van der Waals surface area contributed by atoms with Crippen molar-refractivity contribution in [3.8, 4) is 0 Å². The summed E-state index contributed by atoms with van der Waals surface area (Å²) in [5, 5.41) is 15.5. The van der Waals surface area contributed by atoms with Gasteiger partial charge in [0.1, 0.15) is 4.88 Å². The number of carbonyl (C=O) groups is 3. The summed E-state index contributed by atoms with van der Waals surface area (Å²) in [4.78, 5) is 35.5. The Hall–Kier alpha value is -2.19. The molecule has 4 atom stereocenters. The van der Waals surface area contributed by atoms with Crippen molar-refractivity contribution in [3.63, 3.8) is 0 Å². The summed E-state index contributed by atoms with van der Waals surface area (Å²) in [6.45, 7) is 0. The van der Waals surface area contributed by atoms with Crippen LogP contribution in [0, 0.1) is 11.8 Å². The lowest BCUT2D eigenvalue weighted by Crippen LogP contribution is -2.45. The van der Waals surface area contributed by atoms with Gasteiger partial charge in [-0.1, -0.05) is 12.2 Å². The second-order valence-corrected chi connectivity index (χ2v) is 5.88. The standard InChI is InChI=1S/C14H13NO6S/c1-20-14(19)11-6(4-5-22-11)15-12(16)9-7-2-3-8(21-7)10(9)13(17)18/h2-5,7-10H,1H3,(H,15,16)(H,17,18)/p-1/t7-,8+,9-,10-/m0/s1. The second kappa shape index (κ2) is 5.54. The fraction of sp³-hybridized carbons (Fsp3) is 0.357. The number of amides is 1. The number of rotatable bonds is 4. The molecule has 3 rings (SSSR count). The first-order valence-corrected chi connectivity index (χ1v) is 7.42. The van der Waals surface area contributed by atoms with E-state index in [1.54, 1.807) is 23.6 Å². The minimum absolute atomic E-state index is 0.250. The Morgan fingerprint density at radius 3 is 2.59 bits per heavy atom. The molecule has 1 saturated heterocycles. The van der Waals surface area contributed by atoms with Crippen molar-refractivity contribution < 1.29 is 29.0 Å². The molecule has 1 fully saturated rings. The molecule has 22 heavy (non-hydrogen) atoms. The maximum atomic E-state index is 12.4. The number of esters is 1. The summed E-state index contributed by atoms with van der Waals surface area (Å²) in [5.41, 5.74) is 0.297. The third-order valence-corrected chi connectivity index (χ3v) is 4.66. The van der Waals surface area contributed by atoms with Crippen molar-refractivity contribution in [3.05, 3.63) is 28.5 Å². The molecule has 3 heterocycles. The molecule has 0 unspecified atom stereocenters. The molecule has 116 valence electrons. The van der Waals surface area contributed by atoms with Crippen molar-refractivity contribution in [2.75, 3.05) is 12.4 Å². The molecular weight excluding hydrogens is 310 g/mol. The van der Waals surface area contributed by atoms with E-state index in [0.717, 1.165) is 11.3 Å². The molecule has 8 heteroatoms. The summed E-state index contributed by atoms with van der Waals surface area (Å²) in [6, 6.07) is 1.56. The van der Waals surface area contributed by atoms with Crippen LogP contribution in [0.15, 0.2) is 23.6 Å². The van der Waals surface area contributed by atoms with Gasteiger partial charge in [-0.3, -0.25) is 4.79 Å². The minimum Gasteiger partial charge on any atom is -0.550 e. The van der Waals surface area contributed by atoms with Crippen molar-refractivity contribution in [2.45, 2.75) is 12.2 Å². The molecule has 0 aromatic carbocycles. The summed E-state index contributed by atoms with van der Waals surface area (Å²) in [7, 11) is 1.24. The van der Waals surface area contributed by atoms with E-state index in [1.807, 2.05) is 0 Å². The van der Waals surface area contributed by atoms with Gasteiger partial charge in [0.2, 0.25) is 5.91 Å². The van der Waals surface area contributed by atoms with Crippen LogP contribution in [0.2, 0.25) is 0 Å². The van der Waals surface area contributed by atoms with Gasteiger partial charge in [0.15, 0.2) is 0 Å². The molecule has 1 aromatic heterocycles. The lowest BCUT2D eigenvalue weighted by molar-refractivity contribution is -0.313. The highest BCUT2D eigenvalue weighted by molar-refractivity contribution is 7.12. The third-order valence-electron chi connectivity index (χ3n) is 3.77. The van der Waals surface area contributed by atoms with Gasteiger partial charge in [0, 0.05) is 11.9 Å². The Morgan fingerprint density at radius 1 is 1.27 bits per heavy atom. The van der Waals surface area contributed by atoms with Gasteiger partial charge in [-0.05, 0) is 11.4 Å². The van der Waals surface area contributed by atoms with Crippen LogP contribution in [0.25, 0.3) is 0 Å². The molecule has 1 N–H and O–H groups in total. The zero-order valence-electron chi connectivity index (χ0n) is 11.5. The Kier molecular flexibility index (Phi) is 3.71. The SMILES string of the molecule is COC(=O)c1sccc1NC(=O)[C@@H]1[C@@H](C(=O)[O-])[C@H]2C=C[C@@H]1O2. The smallest absolute Gasteiger partial charge is 0.350 e. The lowest BCUT2D eigenvalue weighted by atomic mass is 9.82. The van der Waals surface area contributed by atoms with Crippen LogP contribution < -0.4 is 10.4 Å². The quantitative estimate of drug-likeness (QED) is 0.608. The highest BCUT2D eigenvalue weighted by Crippen LogP contribution is 2.39. The van der Waals surface area contributed by atoms with Crippen molar-refractivity contribution >= 4 is 34.9 Å². The number of carboxylic acids is 1. The lowest BCUT2D eigenvalue weighted by Gasteiger charge is -2.24. The summed E-state index contributed by atoms with van der Waals surface area (Å²) >= 11 is 1.13. The Labute approximate surface area is 129 Å². The van der Waals surface area contributed by atoms with E-state index in [0.29, 0.717) is 5.69 Å². The van der Waals surface area contributed by atoms with Gasteiger partial charge in [-0.25, -0.2) is 4.79 Å². The van der Waals surface area contributed by atoms with E-state index in [9.17, 15) is 19.5 Å². The first-order valence-electron chi connectivity index (χ1n) is 6.54. The Morgan fingerprint density at radius 2 is 1.95 bits per heavy atom. The highest BCUT2D eigenvalue weighted by Gasteiger charge is 2.50. The topological polar surface area (TPSA) is 105 Å². The predicted molar refractivity (Wildman–Crippen MR) is 74.1 cm³/mol. The van der Waals surface area contributed by atoms with Crippen LogP contribution >= 0.6 is 11.3 Å². The monoisotopic (exact) mass is 322 g/mol. The van der Waals surface area contributed by atoms with E-state index in [4.69, 9.17) is 4.74 Å². The molecular formula is C14H12NO6S-. The van der Waals surface area contributed by atoms with Gasteiger partial charge < -0.3 is 24.7 Å². The average Bonchev–Trinajstić information content (AvgIpc) is 3.20. The van der Waals surface area contributed by atoms with Crippen LogP contribution in [0.3, 0.4) is 0 Å². The predicted octanol–water partition coefficient (Wildman–Crippen LogP) is -0.207. The molecule has 0 saturated carbocycles. The van der Waals surface area contributed by atoms with Crippen molar-refractivity contribution in [2.24, 2.45) is 11.8 Å². The zero-order chi connectivity index (χ0) is 15.9. The molecule has 1 aromatic rings. The Balaban J connectivity index is 1.80. The number of fused-ring (bicyclic) bond motifs is 2. The molecule has 2 bridgehead atoms. The molecule has 0 aliphatic carbocycles. The first kappa shape index (κ1) is 14.7. The Bertz CT molecular complexity index is 666. The van der Waals surface area contributed by atoms with Crippen molar-refractivity contribution in [1.29, 1.82) is 0 Å². The molecule has 0 radical (unpaired) electrons. The maximum absolute atomic E-state index is 12.4. The molecule has 2 aliphatic rings. The van der Waals surface area contributed by atoms with E-state index < -0.39 is 41.9 Å². The minimum atomic E-state index is -1.32. The number of aliphatic carboxylic acids is 1. The van der Waals surface area contributed by atoms with Gasteiger partial charge >= 0.3 is 5.97 Å². The van der Waals surface area contributed by atoms with Crippen LogP contribution in [-0.4, -0.2) is 37.2 Å². The van der Waals surface area contributed by atoms with E-state index in [2.05, 4.69) is 10.1 Å². The number of nitrogens with one attached hydrogen (secondary N) is 1. The summed E-state index contributed by atoms with van der Waals surface area (Å²) < 4.78 is 10.0. The van der Waals surface area contributed by atoms with Gasteiger partial charge in [0.25, 0.3) is 0 Å². The number of thiophene rings is 1. The van der Waals surface area contributed by atoms with Gasteiger partial charge in [-0.2, -0.15) is 0 Å². The molecule has 1 amide bonds. The molecule has 0 spiro atoms. The first-order chi connectivity index (χ1) is 10.5. The molecule has 2 aliphatic heterocycles. The fourth-order valence-corrected chi connectivity index (χ4v) is 3.54. The van der Waals surface area contributed by atoms with Crippen LogP contribution in [0.5, 0.6) is 0 Å². The third kappa shape index (κ3) is 2.30. The normalized spacial score (nSPS) is 28.6. The second-order valence-electron chi connectivity index (χ2n) is 4.97. The number of anilines is 1. The number of carboxylic acid groups (broad SMARTS) is 1. The number of methoxy groups -OCH3 is 1. The van der Waals surface area contributed by atoms with Crippen LogP contribution in [-0.2, 0) is 19.1 Å². The summed E-state index contributed by atoms with van der Waals surface area (Å²) in [6.07, 6.45) is 2.06. The van der Waals surface area contributed by atoms with E-state index in [-0.39, 0.29) is 4.88 Å². The van der Waals surface area contributed by atoms with Crippen LogP contribution in [0.1, 0.15) is 9.67 Å². The van der Waals surface area contributed by atoms with E-state index >= 15 is 0 Å². The van der Waals surface area contributed by atoms with Gasteiger partial charge in [-0.15, -0.1) is 11.3 Å². The van der Waals surface area contributed by atoms with E-state index in [1.165, 1.54) is 7.11 Å². The zero-order valence-corrected chi connectivity index (χ0v) is 12.3. The number of hydrogen-bond donors (Lipinski definition) is 1. The maximum Gasteiger partial charge on any atom is 0.350 e. The number of carbonyl (C=O) groups excluding carboxylic acids is 3. The summed E-state index contributed by atoms with van der Waals surface area (Å²) in [5.74, 6) is -4.32. The van der Waals surface area contributed by atoms with Crippen molar-refractivity contribution in [1.82, 2.24) is 0 Å². The number of ether oxygens (including phenoxy) is 2. The van der Waals surface area contributed by atoms with Gasteiger partial charge in [0.05, 0.1) is 30.9 Å². The molecule has 7 nitrogen and oxygen atoms in total.